The number of nitrogens with zero attached hydrogens (tertiary/aromatic N) is 2. The molecule has 0 saturated carbocycles. The van der Waals surface area contributed by atoms with E-state index in [-0.39, 0.29) is 11.4 Å². The van der Waals surface area contributed by atoms with Crippen LogP contribution in [0, 0.1) is 0 Å². The second kappa shape index (κ2) is 8.03. The Morgan fingerprint density at radius 1 is 1.22 bits per heavy atom. The van der Waals surface area contributed by atoms with Gasteiger partial charge in [0.15, 0.2) is 0 Å². The van der Waals surface area contributed by atoms with Gasteiger partial charge in [0, 0.05) is 24.3 Å². The molecule has 0 radical (unpaired) electrons. The molecule has 0 spiro atoms. The van der Waals surface area contributed by atoms with Crippen LogP contribution in [0.1, 0.15) is 6.92 Å². The van der Waals surface area contributed by atoms with Gasteiger partial charge in [-0.25, -0.2) is 8.42 Å². The van der Waals surface area contributed by atoms with Crippen LogP contribution in [0.15, 0.2) is 53.6 Å². The highest BCUT2D eigenvalue weighted by molar-refractivity contribution is 7.89. The number of amides is 1. The fourth-order valence-electron chi connectivity index (χ4n) is 2.49. The van der Waals surface area contributed by atoms with Crippen molar-refractivity contribution < 1.29 is 17.9 Å². The highest BCUT2D eigenvalue weighted by atomic mass is 32.2. The van der Waals surface area contributed by atoms with Gasteiger partial charge in [0.1, 0.15) is 5.75 Å². The zero-order valence-corrected chi connectivity index (χ0v) is 16.5. The van der Waals surface area contributed by atoms with Crippen LogP contribution in [0.4, 0.5) is 5.69 Å². The maximum absolute atomic E-state index is 12.6. The zero-order valence-electron chi connectivity index (χ0n) is 14.9. The molecule has 0 atom stereocenters. The summed E-state index contributed by atoms with van der Waals surface area (Å²) in [6.07, 6.45) is 1.72. The lowest BCUT2D eigenvalue weighted by molar-refractivity contribution is -0.116. The topological polar surface area (TPSA) is 88.6 Å². The van der Waals surface area contributed by atoms with Crippen LogP contribution >= 0.6 is 11.5 Å². The number of hydrogen-bond acceptors (Lipinski definition) is 6. The number of benzene rings is 2. The van der Waals surface area contributed by atoms with E-state index in [1.165, 1.54) is 30.7 Å². The normalized spacial score (nSPS) is 11.7. The predicted octanol–water partition coefficient (Wildman–Crippen LogP) is 2.95. The van der Waals surface area contributed by atoms with Gasteiger partial charge in [0.05, 0.1) is 22.7 Å². The van der Waals surface area contributed by atoms with Crippen LogP contribution in [-0.4, -0.2) is 43.2 Å². The Balaban J connectivity index is 1.67. The number of anilines is 1. The number of sulfonamides is 1. The number of likely N-dealkylation sites (N-methyl/N-ethyl adjacent to an activating group) is 1. The van der Waals surface area contributed by atoms with Gasteiger partial charge >= 0.3 is 0 Å². The molecule has 0 aliphatic rings. The van der Waals surface area contributed by atoms with Crippen molar-refractivity contribution in [2.45, 2.75) is 11.8 Å². The maximum atomic E-state index is 12.6. The highest BCUT2D eigenvalue weighted by Crippen LogP contribution is 2.22. The summed E-state index contributed by atoms with van der Waals surface area (Å²) in [5.41, 5.74) is 0.597. The Bertz CT molecular complexity index is 1050. The third-order valence-corrected chi connectivity index (χ3v) is 6.44. The smallest absolute Gasteiger partial charge is 0.243 e. The van der Waals surface area contributed by atoms with Crippen LogP contribution in [0.3, 0.4) is 0 Å². The first kappa shape index (κ1) is 19.3. The quantitative estimate of drug-likeness (QED) is 0.653. The molecule has 142 valence electrons. The SMILES string of the molecule is CCOc1ccc(S(=O)(=O)N(C)CC(=O)Nc2ccc3sncc3c2)cc1. The van der Waals surface area contributed by atoms with Gasteiger partial charge in [-0.1, -0.05) is 0 Å². The summed E-state index contributed by atoms with van der Waals surface area (Å²) in [5.74, 6) is 0.171. The lowest BCUT2D eigenvalue weighted by Crippen LogP contribution is -2.34. The molecule has 7 nitrogen and oxygen atoms in total. The predicted molar refractivity (Wildman–Crippen MR) is 106 cm³/mol. The Morgan fingerprint density at radius 2 is 1.96 bits per heavy atom. The fourth-order valence-corrected chi connectivity index (χ4v) is 4.25. The van der Waals surface area contributed by atoms with E-state index in [1.54, 1.807) is 30.5 Å². The molecule has 2 aromatic carbocycles. The van der Waals surface area contributed by atoms with E-state index < -0.39 is 15.9 Å². The molecule has 0 aliphatic heterocycles. The van der Waals surface area contributed by atoms with Gasteiger partial charge < -0.3 is 10.1 Å². The van der Waals surface area contributed by atoms with Crippen molar-refractivity contribution in [3.8, 4) is 5.75 Å². The molecule has 3 aromatic rings. The standard InChI is InChI=1S/C18H19N3O4S2/c1-3-25-15-5-7-16(8-6-15)27(23,24)21(2)12-18(22)20-14-4-9-17-13(10-14)11-19-26-17/h4-11H,3,12H2,1-2H3,(H,20,22). The van der Waals surface area contributed by atoms with Crippen molar-refractivity contribution in [1.82, 2.24) is 8.68 Å². The zero-order chi connectivity index (χ0) is 19.4. The Kier molecular flexibility index (Phi) is 5.73. The first-order chi connectivity index (χ1) is 12.9. The number of aromatic nitrogens is 1. The number of hydrogen-bond donors (Lipinski definition) is 1. The summed E-state index contributed by atoms with van der Waals surface area (Å²) in [4.78, 5) is 12.4. The van der Waals surface area contributed by atoms with E-state index in [4.69, 9.17) is 4.74 Å². The number of carbonyl (C=O) groups is 1. The van der Waals surface area contributed by atoms with Crippen molar-refractivity contribution in [1.29, 1.82) is 0 Å². The summed E-state index contributed by atoms with van der Waals surface area (Å²) in [5, 5.41) is 3.64. The second-order valence-electron chi connectivity index (χ2n) is 5.79. The summed E-state index contributed by atoms with van der Waals surface area (Å²) >= 11 is 1.37. The summed E-state index contributed by atoms with van der Waals surface area (Å²) in [6, 6.07) is 11.5. The van der Waals surface area contributed by atoms with Gasteiger partial charge in [-0.15, -0.1) is 0 Å². The average Bonchev–Trinajstić information content (AvgIpc) is 3.10. The molecule has 3 rings (SSSR count). The lowest BCUT2D eigenvalue weighted by Gasteiger charge is -2.17. The van der Waals surface area contributed by atoms with Crippen LogP contribution in [-0.2, 0) is 14.8 Å². The minimum Gasteiger partial charge on any atom is -0.494 e. The molecular formula is C18H19N3O4S2. The van der Waals surface area contributed by atoms with Gasteiger partial charge in [0.25, 0.3) is 0 Å². The number of fused-ring (bicyclic) bond motifs is 1. The first-order valence-corrected chi connectivity index (χ1v) is 10.4. The van der Waals surface area contributed by atoms with Crippen molar-refractivity contribution in [3.63, 3.8) is 0 Å². The van der Waals surface area contributed by atoms with Crippen molar-refractivity contribution >= 4 is 43.2 Å². The minimum absolute atomic E-state index is 0.104. The molecule has 9 heteroatoms. The van der Waals surface area contributed by atoms with Crippen LogP contribution in [0.25, 0.3) is 10.1 Å². The lowest BCUT2D eigenvalue weighted by atomic mass is 10.2. The molecule has 0 fully saturated rings. The number of rotatable bonds is 7. The average molecular weight is 406 g/mol. The molecule has 27 heavy (non-hydrogen) atoms. The Morgan fingerprint density at radius 3 is 2.67 bits per heavy atom. The van der Waals surface area contributed by atoms with E-state index >= 15 is 0 Å². The van der Waals surface area contributed by atoms with Gasteiger partial charge in [0.2, 0.25) is 15.9 Å². The number of ether oxygens (including phenoxy) is 1. The fraction of sp³-hybridized carbons (Fsp3) is 0.222. The van der Waals surface area contributed by atoms with Gasteiger partial charge in [-0.2, -0.15) is 8.68 Å². The first-order valence-electron chi connectivity index (χ1n) is 8.23. The van der Waals surface area contributed by atoms with Crippen LogP contribution in [0.2, 0.25) is 0 Å². The molecule has 0 saturated heterocycles. The van der Waals surface area contributed by atoms with Gasteiger partial charge in [-0.3, -0.25) is 4.79 Å². The van der Waals surface area contributed by atoms with E-state index in [9.17, 15) is 13.2 Å². The van der Waals surface area contributed by atoms with E-state index in [0.717, 1.165) is 14.4 Å². The third kappa shape index (κ3) is 4.44. The van der Waals surface area contributed by atoms with Crippen LogP contribution in [0.5, 0.6) is 5.75 Å². The Hall–Kier alpha value is -2.49. The monoisotopic (exact) mass is 405 g/mol. The van der Waals surface area contributed by atoms with Crippen molar-refractivity contribution in [2.75, 3.05) is 25.5 Å². The molecule has 0 unspecified atom stereocenters. The summed E-state index contributed by atoms with van der Waals surface area (Å²) < 4.78 is 36.7. The molecule has 1 N–H and O–H groups in total. The second-order valence-corrected chi connectivity index (χ2v) is 8.67. The van der Waals surface area contributed by atoms with E-state index in [0.29, 0.717) is 18.0 Å². The third-order valence-electron chi connectivity index (χ3n) is 3.85. The van der Waals surface area contributed by atoms with Gasteiger partial charge in [-0.05, 0) is 60.9 Å². The molecule has 1 heterocycles. The summed E-state index contributed by atoms with van der Waals surface area (Å²) in [7, 11) is -2.40. The van der Waals surface area contributed by atoms with Crippen molar-refractivity contribution in [2.24, 2.45) is 0 Å². The molecular weight excluding hydrogens is 386 g/mol. The molecule has 0 bridgehead atoms. The summed E-state index contributed by atoms with van der Waals surface area (Å²) in [6.45, 7) is 2.05. The molecule has 0 aliphatic carbocycles. The number of nitrogens with one attached hydrogen (secondary N) is 1. The molecule has 1 amide bonds. The largest absolute Gasteiger partial charge is 0.494 e. The molecule has 1 aromatic heterocycles. The Labute approximate surface area is 161 Å². The van der Waals surface area contributed by atoms with E-state index in [1.807, 2.05) is 13.0 Å². The highest BCUT2D eigenvalue weighted by Gasteiger charge is 2.23. The van der Waals surface area contributed by atoms with Crippen molar-refractivity contribution in [3.05, 3.63) is 48.7 Å². The van der Waals surface area contributed by atoms with Crippen LogP contribution < -0.4 is 10.1 Å². The maximum Gasteiger partial charge on any atom is 0.243 e. The minimum atomic E-state index is -3.78. The number of carbonyl (C=O) groups excluding carboxylic acids is 1. The van der Waals surface area contributed by atoms with E-state index in [2.05, 4.69) is 9.69 Å².